The number of allylic oxidation sites excluding steroid dienone is 2. The number of nitrogens with zero attached hydrogens (tertiary/aromatic N) is 1. The summed E-state index contributed by atoms with van der Waals surface area (Å²) in [5.41, 5.74) is 2.84. The van der Waals surface area contributed by atoms with Crippen LogP contribution in [-0.4, -0.2) is 64.9 Å². The van der Waals surface area contributed by atoms with Crippen molar-refractivity contribution in [1.82, 2.24) is 0 Å². The molecule has 1 spiro atoms. The lowest BCUT2D eigenvalue weighted by Crippen LogP contribution is -2.41. The van der Waals surface area contributed by atoms with E-state index in [0.717, 1.165) is 29.8 Å². The third-order valence-corrected chi connectivity index (χ3v) is 6.15. The van der Waals surface area contributed by atoms with Crippen molar-refractivity contribution < 1.29 is 24.4 Å². The Hall–Kier alpha value is -1.31. The molecule has 0 aromatic carbocycles. The molecule has 2 saturated heterocycles. The molecule has 0 bridgehead atoms. The van der Waals surface area contributed by atoms with Gasteiger partial charge in [0, 0.05) is 13.0 Å². The molecule has 6 heteroatoms. The van der Waals surface area contributed by atoms with Crippen LogP contribution < -0.4 is 0 Å². The molecule has 154 valence electrons. The Labute approximate surface area is 166 Å². The number of aliphatic hydroxyl groups is 2. The van der Waals surface area contributed by atoms with E-state index in [1.54, 1.807) is 0 Å². The van der Waals surface area contributed by atoms with E-state index >= 15 is 0 Å². The zero-order chi connectivity index (χ0) is 19.9. The fraction of sp³-hybridized carbons (Fsp3) is 0.682. The average molecular weight is 389 g/mol. The first-order chi connectivity index (χ1) is 13.4. The molecule has 0 saturated carbocycles. The van der Waals surface area contributed by atoms with Gasteiger partial charge in [-0.05, 0) is 44.8 Å². The minimum Gasteiger partial charge on any atom is -0.390 e. The summed E-state index contributed by atoms with van der Waals surface area (Å²) in [5, 5.41) is 20.3. The number of hydrogen-bond donors (Lipinski definition) is 2. The Morgan fingerprint density at radius 3 is 2.96 bits per heavy atom. The van der Waals surface area contributed by atoms with E-state index in [9.17, 15) is 10.2 Å². The Bertz CT molecular complexity index is 726. The van der Waals surface area contributed by atoms with E-state index in [0.29, 0.717) is 19.3 Å². The minimum atomic E-state index is -0.617. The van der Waals surface area contributed by atoms with Crippen LogP contribution in [0, 0.1) is 0 Å². The normalized spacial score (nSPS) is 40.7. The van der Waals surface area contributed by atoms with Gasteiger partial charge in [0.1, 0.15) is 12.2 Å². The van der Waals surface area contributed by atoms with Crippen LogP contribution in [0.2, 0.25) is 0 Å². The number of aliphatic imine (C=N–C) groups is 1. The lowest BCUT2D eigenvalue weighted by atomic mass is 9.91. The van der Waals surface area contributed by atoms with Crippen LogP contribution in [0.25, 0.3) is 0 Å². The number of hydrogen-bond acceptors (Lipinski definition) is 6. The SMILES string of the molecule is CCC(O)C(/C=C(C)/C=C1\C=CC2=NCCC3OC213)OC1CCC(O)C(C)O1. The monoisotopic (exact) mass is 389 g/mol. The van der Waals surface area contributed by atoms with Gasteiger partial charge < -0.3 is 24.4 Å². The summed E-state index contributed by atoms with van der Waals surface area (Å²) in [4.78, 5) is 4.60. The predicted octanol–water partition coefficient (Wildman–Crippen LogP) is 2.45. The molecule has 2 fully saturated rings. The highest BCUT2D eigenvalue weighted by Gasteiger charge is 2.64. The lowest BCUT2D eigenvalue weighted by Gasteiger charge is -2.34. The second-order valence-corrected chi connectivity index (χ2v) is 8.23. The van der Waals surface area contributed by atoms with Crippen LogP contribution in [0.5, 0.6) is 0 Å². The second kappa shape index (κ2) is 7.84. The Kier molecular flexibility index (Phi) is 5.60. The molecular weight excluding hydrogens is 358 g/mol. The summed E-state index contributed by atoms with van der Waals surface area (Å²) in [6, 6.07) is 0. The summed E-state index contributed by atoms with van der Waals surface area (Å²) in [5.74, 6) is 0. The molecule has 4 rings (SSSR count). The zero-order valence-electron chi connectivity index (χ0n) is 16.9. The van der Waals surface area contributed by atoms with Gasteiger partial charge in [-0.3, -0.25) is 4.99 Å². The number of ether oxygens (including phenoxy) is 3. The van der Waals surface area contributed by atoms with Crippen LogP contribution in [0.15, 0.2) is 40.4 Å². The number of rotatable bonds is 6. The topological polar surface area (TPSA) is 83.8 Å². The van der Waals surface area contributed by atoms with E-state index < -0.39 is 24.6 Å². The van der Waals surface area contributed by atoms with E-state index in [-0.39, 0.29) is 17.8 Å². The number of epoxide rings is 1. The van der Waals surface area contributed by atoms with Crippen LogP contribution in [0.3, 0.4) is 0 Å². The molecule has 0 aromatic heterocycles. The van der Waals surface area contributed by atoms with Crippen LogP contribution >= 0.6 is 0 Å². The van der Waals surface area contributed by atoms with Gasteiger partial charge in [0.05, 0.1) is 24.0 Å². The first-order valence-electron chi connectivity index (χ1n) is 10.4. The number of aliphatic hydroxyl groups excluding tert-OH is 2. The van der Waals surface area contributed by atoms with Crippen molar-refractivity contribution in [2.45, 2.75) is 88.9 Å². The summed E-state index contributed by atoms with van der Waals surface area (Å²) in [7, 11) is 0. The van der Waals surface area contributed by atoms with Gasteiger partial charge >= 0.3 is 0 Å². The highest BCUT2D eigenvalue weighted by molar-refractivity contribution is 6.11. The molecule has 0 radical (unpaired) electrons. The summed E-state index contributed by atoms with van der Waals surface area (Å²) >= 11 is 0. The lowest BCUT2D eigenvalue weighted by molar-refractivity contribution is -0.238. The standard InChI is InChI=1S/C22H31NO5/c1-4-16(24)18(27-21-8-6-17(25)14(3)26-21)12-13(2)11-15-5-7-19-22(15)20(28-22)9-10-23-19/h5,7,11-12,14,16-18,20-21,24-25H,4,6,8-10H2,1-3H3/b13-12+,15-11+. The summed E-state index contributed by atoms with van der Waals surface area (Å²) in [6.07, 6.45) is 9.04. The van der Waals surface area contributed by atoms with Crippen LogP contribution in [-0.2, 0) is 14.2 Å². The molecule has 4 aliphatic rings. The minimum absolute atomic E-state index is 0.242. The maximum Gasteiger partial charge on any atom is 0.161 e. The van der Waals surface area contributed by atoms with E-state index in [2.05, 4.69) is 23.2 Å². The van der Waals surface area contributed by atoms with Gasteiger partial charge in [0.25, 0.3) is 0 Å². The van der Waals surface area contributed by atoms with E-state index in [4.69, 9.17) is 14.2 Å². The van der Waals surface area contributed by atoms with Crippen molar-refractivity contribution in [3.63, 3.8) is 0 Å². The highest BCUT2D eigenvalue weighted by atomic mass is 16.7. The molecule has 28 heavy (non-hydrogen) atoms. The molecule has 3 aliphatic heterocycles. The van der Waals surface area contributed by atoms with Gasteiger partial charge in [0.15, 0.2) is 11.9 Å². The van der Waals surface area contributed by atoms with E-state index in [1.807, 2.05) is 26.8 Å². The largest absolute Gasteiger partial charge is 0.390 e. The molecule has 3 heterocycles. The van der Waals surface area contributed by atoms with Gasteiger partial charge in [-0.25, -0.2) is 0 Å². The van der Waals surface area contributed by atoms with Crippen molar-refractivity contribution in [3.05, 3.63) is 35.5 Å². The molecular formula is C22H31NO5. The fourth-order valence-electron chi connectivity index (χ4n) is 4.36. The van der Waals surface area contributed by atoms with E-state index in [1.165, 1.54) is 0 Å². The Balaban J connectivity index is 1.48. The molecule has 1 aliphatic carbocycles. The van der Waals surface area contributed by atoms with Crippen molar-refractivity contribution >= 4 is 5.71 Å². The van der Waals surface area contributed by atoms with Crippen molar-refractivity contribution in [2.24, 2.45) is 4.99 Å². The van der Waals surface area contributed by atoms with Gasteiger partial charge in [-0.15, -0.1) is 0 Å². The van der Waals surface area contributed by atoms with Crippen LogP contribution in [0.1, 0.15) is 46.5 Å². The van der Waals surface area contributed by atoms with Crippen molar-refractivity contribution in [1.29, 1.82) is 0 Å². The second-order valence-electron chi connectivity index (χ2n) is 8.23. The summed E-state index contributed by atoms with van der Waals surface area (Å²) in [6.45, 7) is 6.63. The zero-order valence-corrected chi connectivity index (χ0v) is 16.9. The first kappa shape index (κ1) is 20.0. The fourth-order valence-corrected chi connectivity index (χ4v) is 4.36. The molecule has 0 amide bonds. The highest BCUT2D eigenvalue weighted by Crippen LogP contribution is 2.52. The van der Waals surface area contributed by atoms with Gasteiger partial charge in [-0.2, -0.15) is 0 Å². The van der Waals surface area contributed by atoms with Crippen molar-refractivity contribution in [2.75, 3.05) is 6.54 Å². The summed E-state index contributed by atoms with van der Waals surface area (Å²) < 4.78 is 17.8. The smallest absolute Gasteiger partial charge is 0.161 e. The van der Waals surface area contributed by atoms with Gasteiger partial charge in [-0.1, -0.05) is 30.7 Å². The predicted molar refractivity (Wildman–Crippen MR) is 106 cm³/mol. The Morgan fingerprint density at radius 2 is 2.21 bits per heavy atom. The Morgan fingerprint density at radius 1 is 1.39 bits per heavy atom. The molecule has 6 nitrogen and oxygen atoms in total. The first-order valence-corrected chi connectivity index (χ1v) is 10.4. The molecule has 2 N–H and O–H groups in total. The average Bonchev–Trinajstić information content (AvgIpc) is 3.34. The van der Waals surface area contributed by atoms with Crippen LogP contribution in [0.4, 0.5) is 0 Å². The third kappa shape index (κ3) is 3.64. The molecule has 7 atom stereocenters. The molecule has 0 aromatic rings. The quantitative estimate of drug-likeness (QED) is 0.682. The van der Waals surface area contributed by atoms with Crippen molar-refractivity contribution in [3.8, 4) is 0 Å². The maximum absolute atomic E-state index is 10.5. The molecule has 7 unspecified atom stereocenters. The van der Waals surface area contributed by atoms with Gasteiger partial charge in [0.2, 0.25) is 0 Å². The maximum atomic E-state index is 10.5. The third-order valence-electron chi connectivity index (χ3n) is 6.15.